The summed E-state index contributed by atoms with van der Waals surface area (Å²) >= 11 is 0. The topological polar surface area (TPSA) is 16.1 Å². The van der Waals surface area contributed by atoms with E-state index in [1.54, 1.807) is 0 Å². The molecule has 0 aliphatic carbocycles. The second kappa shape index (κ2) is 9.23. The summed E-state index contributed by atoms with van der Waals surface area (Å²) in [6, 6.07) is 20.4. The number of rotatable bonds is 5. The molecule has 1 aliphatic rings. The average molecular weight is 381 g/mol. The minimum absolute atomic E-state index is 0. The standard InChI is InChI=1S/C24H28N2.ClH/c1-2-19-10-12-22(26(18-19)23-14-16-25-17-15-23)13-11-21-8-5-7-20-6-3-4-9-24(20)21;/h3-9,14-17,19,22H,2,10-13,18H2,1H3;1H. The molecular weight excluding hydrogens is 352 g/mol. The fraction of sp³-hybridized carbons (Fsp3) is 0.375. The van der Waals surface area contributed by atoms with Gasteiger partial charge in [-0.25, -0.2) is 0 Å². The van der Waals surface area contributed by atoms with Crippen LogP contribution < -0.4 is 4.90 Å². The molecule has 27 heavy (non-hydrogen) atoms. The van der Waals surface area contributed by atoms with Gasteiger partial charge in [0.2, 0.25) is 0 Å². The molecule has 1 saturated heterocycles. The summed E-state index contributed by atoms with van der Waals surface area (Å²) in [7, 11) is 0. The number of pyridine rings is 1. The van der Waals surface area contributed by atoms with Crippen molar-refractivity contribution in [3.8, 4) is 0 Å². The van der Waals surface area contributed by atoms with Gasteiger partial charge in [0, 0.05) is 30.7 Å². The third kappa shape index (κ3) is 4.44. The summed E-state index contributed by atoms with van der Waals surface area (Å²) < 4.78 is 0. The van der Waals surface area contributed by atoms with E-state index in [1.807, 2.05) is 12.4 Å². The Morgan fingerprint density at radius 3 is 2.56 bits per heavy atom. The number of aromatic nitrogens is 1. The number of anilines is 1. The average Bonchev–Trinajstić information content (AvgIpc) is 2.72. The van der Waals surface area contributed by atoms with Gasteiger partial charge in [0.05, 0.1) is 0 Å². The van der Waals surface area contributed by atoms with E-state index >= 15 is 0 Å². The summed E-state index contributed by atoms with van der Waals surface area (Å²) in [4.78, 5) is 6.85. The molecule has 2 nitrogen and oxygen atoms in total. The quantitative estimate of drug-likeness (QED) is 0.517. The highest BCUT2D eigenvalue weighted by molar-refractivity contribution is 5.86. The number of hydrogen-bond acceptors (Lipinski definition) is 2. The van der Waals surface area contributed by atoms with Crippen LogP contribution in [0.1, 0.15) is 38.2 Å². The van der Waals surface area contributed by atoms with Gasteiger partial charge in [-0.15, -0.1) is 12.4 Å². The molecule has 3 heteroatoms. The van der Waals surface area contributed by atoms with Crippen molar-refractivity contribution in [3.63, 3.8) is 0 Å². The Bertz CT molecular complexity index is 844. The molecular formula is C24H29ClN2. The SMILES string of the molecule is CCC1CCC(CCc2cccc3ccccc23)N(c2ccncc2)C1.Cl. The predicted octanol–water partition coefficient (Wildman–Crippen LogP) is 6.28. The fourth-order valence-electron chi connectivity index (χ4n) is 4.42. The van der Waals surface area contributed by atoms with Crippen LogP contribution in [-0.4, -0.2) is 17.6 Å². The van der Waals surface area contributed by atoms with E-state index in [0.717, 1.165) is 12.3 Å². The minimum atomic E-state index is 0. The normalized spacial score (nSPS) is 19.7. The Hall–Kier alpha value is -2.06. The summed E-state index contributed by atoms with van der Waals surface area (Å²) in [6.07, 6.45) is 10.1. The summed E-state index contributed by atoms with van der Waals surface area (Å²) in [6.45, 7) is 3.51. The van der Waals surface area contributed by atoms with E-state index in [2.05, 4.69) is 71.4 Å². The van der Waals surface area contributed by atoms with Crippen LogP contribution in [0.3, 0.4) is 0 Å². The van der Waals surface area contributed by atoms with Crippen LogP contribution >= 0.6 is 12.4 Å². The molecule has 0 saturated carbocycles. The molecule has 0 amide bonds. The Kier molecular flexibility index (Phi) is 6.73. The van der Waals surface area contributed by atoms with Crippen molar-refractivity contribution in [1.82, 2.24) is 4.98 Å². The maximum absolute atomic E-state index is 4.21. The number of fused-ring (bicyclic) bond motifs is 1. The third-order valence-corrected chi connectivity index (χ3v) is 6.00. The second-order valence-electron chi connectivity index (χ2n) is 7.54. The van der Waals surface area contributed by atoms with Crippen LogP contribution in [0.5, 0.6) is 0 Å². The van der Waals surface area contributed by atoms with E-state index in [1.165, 1.54) is 54.3 Å². The molecule has 142 valence electrons. The van der Waals surface area contributed by atoms with Crippen LogP contribution in [0, 0.1) is 5.92 Å². The molecule has 2 atom stereocenters. The molecule has 4 rings (SSSR count). The van der Waals surface area contributed by atoms with Crippen molar-refractivity contribution in [2.24, 2.45) is 5.92 Å². The zero-order valence-corrected chi connectivity index (χ0v) is 16.9. The number of benzene rings is 2. The highest BCUT2D eigenvalue weighted by Crippen LogP contribution is 2.31. The van der Waals surface area contributed by atoms with Crippen LogP contribution in [0.2, 0.25) is 0 Å². The lowest BCUT2D eigenvalue weighted by Gasteiger charge is -2.41. The first-order chi connectivity index (χ1) is 12.8. The first-order valence-electron chi connectivity index (χ1n) is 9.98. The van der Waals surface area contributed by atoms with Gasteiger partial charge in [-0.2, -0.15) is 0 Å². The number of halogens is 1. The molecule has 3 aromatic rings. The van der Waals surface area contributed by atoms with Crippen molar-refractivity contribution in [2.75, 3.05) is 11.4 Å². The van der Waals surface area contributed by atoms with Crippen LogP contribution in [0.25, 0.3) is 10.8 Å². The number of nitrogens with zero attached hydrogens (tertiary/aromatic N) is 2. The highest BCUT2D eigenvalue weighted by atomic mass is 35.5. The second-order valence-corrected chi connectivity index (χ2v) is 7.54. The maximum Gasteiger partial charge on any atom is 0.0399 e. The largest absolute Gasteiger partial charge is 0.368 e. The van der Waals surface area contributed by atoms with Gasteiger partial charge >= 0.3 is 0 Å². The summed E-state index contributed by atoms with van der Waals surface area (Å²) in [5.41, 5.74) is 2.82. The van der Waals surface area contributed by atoms with Gasteiger partial charge in [0.1, 0.15) is 0 Å². The lowest BCUT2D eigenvalue weighted by Crippen LogP contribution is -2.43. The van der Waals surface area contributed by atoms with Crippen LogP contribution in [-0.2, 0) is 6.42 Å². The zero-order valence-electron chi connectivity index (χ0n) is 16.1. The smallest absolute Gasteiger partial charge is 0.0399 e. The van der Waals surface area contributed by atoms with Gasteiger partial charge in [-0.3, -0.25) is 4.98 Å². The summed E-state index contributed by atoms with van der Waals surface area (Å²) in [5.74, 6) is 0.817. The number of hydrogen-bond donors (Lipinski definition) is 0. The molecule has 0 N–H and O–H groups in total. The third-order valence-electron chi connectivity index (χ3n) is 6.00. The molecule has 2 heterocycles. The van der Waals surface area contributed by atoms with E-state index in [0.29, 0.717) is 6.04 Å². The predicted molar refractivity (Wildman–Crippen MR) is 118 cm³/mol. The molecule has 1 aromatic heterocycles. The number of aryl methyl sites for hydroxylation is 1. The molecule has 0 bridgehead atoms. The number of piperidine rings is 1. The molecule has 2 unspecified atom stereocenters. The fourth-order valence-corrected chi connectivity index (χ4v) is 4.42. The summed E-state index contributed by atoms with van der Waals surface area (Å²) in [5, 5.41) is 2.76. The molecule has 0 radical (unpaired) electrons. The molecule has 1 fully saturated rings. The molecule has 1 aliphatic heterocycles. The van der Waals surface area contributed by atoms with E-state index in [-0.39, 0.29) is 12.4 Å². The Morgan fingerprint density at radius 2 is 1.74 bits per heavy atom. The van der Waals surface area contributed by atoms with Gasteiger partial charge in [0.25, 0.3) is 0 Å². The highest BCUT2D eigenvalue weighted by Gasteiger charge is 2.27. The zero-order chi connectivity index (χ0) is 17.8. The van der Waals surface area contributed by atoms with Crippen LogP contribution in [0.15, 0.2) is 67.0 Å². The first kappa shape index (κ1) is 19.7. The molecule has 0 spiro atoms. The lowest BCUT2D eigenvalue weighted by molar-refractivity contribution is 0.337. The minimum Gasteiger partial charge on any atom is -0.368 e. The van der Waals surface area contributed by atoms with Crippen molar-refractivity contribution in [2.45, 2.75) is 45.1 Å². The Morgan fingerprint density at radius 1 is 0.963 bits per heavy atom. The Balaban J connectivity index is 0.00000210. The van der Waals surface area contributed by atoms with E-state index in [4.69, 9.17) is 0 Å². The van der Waals surface area contributed by atoms with Gasteiger partial charge in [-0.1, -0.05) is 55.8 Å². The van der Waals surface area contributed by atoms with Crippen molar-refractivity contribution in [3.05, 3.63) is 72.6 Å². The van der Waals surface area contributed by atoms with Crippen molar-refractivity contribution >= 4 is 28.9 Å². The van der Waals surface area contributed by atoms with Crippen molar-refractivity contribution < 1.29 is 0 Å². The first-order valence-corrected chi connectivity index (χ1v) is 9.98. The van der Waals surface area contributed by atoms with Crippen LogP contribution in [0.4, 0.5) is 5.69 Å². The monoisotopic (exact) mass is 380 g/mol. The van der Waals surface area contributed by atoms with Gasteiger partial charge < -0.3 is 4.90 Å². The van der Waals surface area contributed by atoms with E-state index in [9.17, 15) is 0 Å². The van der Waals surface area contributed by atoms with Gasteiger partial charge in [0.15, 0.2) is 0 Å². The van der Waals surface area contributed by atoms with E-state index < -0.39 is 0 Å². The lowest BCUT2D eigenvalue weighted by atomic mass is 9.87. The van der Waals surface area contributed by atoms with Gasteiger partial charge in [-0.05, 0) is 60.1 Å². The Labute approximate surface area is 169 Å². The molecule has 2 aromatic carbocycles. The maximum atomic E-state index is 4.21. The van der Waals surface area contributed by atoms with Crippen molar-refractivity contribution in [1.29, 1.82) is 0 Å².